The lowest BCUT2D eigenvalue weighted by Crippen LogP contribution is -1.99. The molecule has 0 unspecified atom stereocenters. The second kappa shape index (κ2) is 5.25. The Labute approximate surface area is 116 Å². The molecule has 2 aromatic carbocycles. The van der Waals surface area contributed by atoms with Crippen molar-refractivity contribution in [2.75, 3.05) is 0 Å². The quantitative estimate of drug-likeness (QED) is 0.665. The number of fused-ring (bicyclic) bond motifs is 1. The van der Waals surface area contributed by atoms with Gasteiger partial charge in [-0.1, -0.05) is 29.4 Å². The maximum Gasteiger partial charge on any atom is 0.123 e. The van der Waals surface area contributed by atoms with Crippen LogP contribution in [0.2, 0.25) is 0 Å². The molecular weight excluding hydrogens is 254 g/mol. The van der Waals surface area contributed by atoms with Crippen molar-refractivity contribution >= 4 is 5.71 Å². The van der Waals surface area contributed by atoms with E-state index in [0.29, 0.717) is 12.3 Å². The van der Waals surface area contributed by atoms with E-state index in [9.17, 15) is 5.11 Å². The molecule has 0 aliphatic heterocycles. The van der Waals surface area contributed by atoms with Gasteiger partial charge in [0.25, 0.3) is 0 Å². The Balaban J connectivity index is 1.81. The van der Waals surface area contributed by atoms with Gasteiger partial charge in [-0.2, -0.15) is 0 Å². The summed E-state index contributed by atoms with van der Waals surface area (Å²) >= 11 is 0. The zero-order valence-corrected chi connectivity index (χ0v) is 10.9. The molecule has 0 amide bonds. The van der Waals surface area contributed by atoms with Crippen LogP contribution < -0.4 is 4.74 Å². The van der Waals surface area contributed by atoms with Crippen molar-refractivity contribution in [3.8, 4) is 11.5 Å². The second-order valence-corrected chi connectivity index (χ2v) is 4.79. The Kier molecular flexibility index (Phi) is 3.29. The van der Waals surface area contributed by atoms with Crippen LogP contribution in [0.4, 0.5) is 0 Å². The summed E-state index contributed by atoms with van der Waals surface area (Å²) in [6.45, 7) is 0.399. The molecule has 20 heavy (non-hydrogen) atoms. The molecule has 0 heterocycles. The van der Waals surface area contributed by atoms with Gasteiger partial charge in [0.1, 0.15) is 18.1 Å². The third-order valence-electron chi connectivity index (χ3n) is 3.48. The maximum absolute atomic E-state index is 9.43. The van der Waals surface area contributed by atoms with Gasteiger partial charge in [0.15, 0.2) is 0 Å². The van der Waals surface area contributed by atoms with Crippen LogP contribution in [0.3, 0.4) is 0 Å². The summed E-state index contributed by atoms with van der Waals surface area (Å²) in [6, 6.07) is 12.8. The van der Waals surface area contributed by atoms with Crippen LogP contribution in [0.25, 0.3) is 0 Å². The first-order valence-corrected chi connectivity index (χ1v) is 6.52. The van der Waals surface area contributed by atoms with Crippen molar-refractivity contribution in [1.82, 2.24) is 0 Å². The van der Waals surface area contributed by atoms with Gasteiger partial charge in [0.2, 0.25) is 0 Å². The molecule has 2 aromatic rings. The lowest BCUT2D eigenvalue weighted by Gasteiger charge is -2.10. The topological polar surface area (TPSA) is 62.1 Å². The minimum Gasteiger partial charge on any atom is -0.508 e. The predicted octanol–water partition coefficient (Wildman–Crippen LogP) is 3.10. The lowest BCUT2D eigenvalue weighted by atomic mass is 10.1. The first-order chi connectivity index (χ1) is 9.78. The van der Waals surface area contributed by atoms with Crippen molar-refractivity contribution in [1.29, 1.82) is 0 Å². The first-order valence-electron chi connectivity index (χ1n) is 6.52. The highest BCUT2D eigenvalue weighted by Gasteiger charge is 2.21. The molecule has 0 atom stereocenters. The van der Waals surface area contributed by atoms with E-state index in [-0.39, 0.29) is 5.75 Å². The molecule has 0 saturated carbocycles. The van der Waals surface area contributed by atoms with E-state index in [1.54, 1.807) is 18.2 Å². The lowest BCUT2D eigenvalue weighted by molar-refractivity contribution is 0.302. The smallest absolute Gasteiger partial charge is 0.123 e. The number of nitrogens with zero attached hydrogens (tertiary/aromatic N) is 1. The largest absolute Gasteiger partial charge is 0.508 e. The van der Waals surface area contributed by atoms with Crippen LogP contribution in [0.15, 0.2) is 47.6 Å². The van der Waals surface area contributed by atoms with E-state index in [1.165, 1.54) is 0 Å². The Hall–Kier alpha value is -2.49. The highest BCUT2D eigenvalue weighted by molar-refractivity contribution is 6.04. The second-order valence-electron chi connectivity index (χ2n) is 4.79. The van der Waals surface area contributed by atoms with Crippen LogP contribution in [0, 0.1) is 0 Å². The fourth-order valence-corrected chi connectivity index (χ4v) is 2.52. The van der Waals surface area contributed by atoms with Crippen molar-refractivity contribution in [3.63, 3.8) is 0 Å². The Morgan fingerprint density at radius 2 is 1.95 bits per heavy atom. The van der Waals surface area contributed by atoms with Gasteiger partial charge >= 0.3 is 0 Å². The highest BCUT2D eigenvalue weighted by Crippen LogP contribution is 2.31. The van der Waals surface area contributed by atoms with Crippen LogP contribution in [-0.2, 0) is 13.0 Å². The van der Waals surface area contributed by atoms with Gasteiger partial charge < -0.3 is 15.1 Å². The zero-order valence-electron chi connectivity index (χ0n) is 10.9. The summed E-state index contributed by atoms with van der Waals surface area (Å²) in [5.41, 5.74) is 3.67. The van der Waals surface area contributed by atoms with Gasteiger partial charge in [-0.3, -0.25) is 0 Å². The van der Waals surface area contributed by atoms with Gasteiger partial charge in [-0.15, -0.1) is 0 Å². The molecule has 0 aromatic heterocycles. The Morgan fingerprint density at radius 3 is 2.75 bits per heavy atom. The maximum atomic E-state index is 9.43. The average molecular weight is 269 g/mol. The zero-order chi connectivity index (χ0) is 13.9. The van der Waals surface area contributed by atoms with Crippen molar-refractivity contribution in [2.24, 2.45) is 5.16 Å². The monoisotopic (exact) mass is 269 g/mol. The molecule has 0 saturated heterocycles. The SMILES string of the molecule is O/N=C1/CCc2c(OCc3cccc(O)c3)cccc21. The van der Waals surface area contributed by atoms with E-state index in [0.717, 1.165) is 35.3 Å². The Bertz CT molecular complexity index is 665. The number of benzene rings is 2. The van der Waals surface area contributed by atoms with Crippen molar-refractivity contribution < 1.29 is 15.1 Å². The van der Waals surface area contributed by atoms with Crippen LogP contribution in [-0.4, -0.2) is 16.0 Å². The first kappa shape index (κ1) is 12.5. The number of hydrogen-bond donors (Lipinski definition) is 2. The van der Waals surface area contributed by atoms with E-state index in [4.69, 9.17) is 9.94 Å². The molecule has 0 spiro atoms. The highest BCUT2D eigenvalue weighted by atomic mass is 16.5. The summed E-state index contributed by atoms with van der Waals surface area (Å²) < 4.78 is 5.83. The fraction of sp³-hybridized carbons (Fsp3) is 0.188. The van der Waals surface area contributed by atoms with Gasteiger partial charge in [-0.25, -0.2) is 0 Å². The minimum atomic E-state index is 0.235. The van der Waals surface area contributed by atoms with Crippen LogP contribution >= 0.6 is 0 Å². The third-order valence-corrected chi connectivity index (χ3v) is 3.48. The molecule has 1 aliphatic carbocycles. The molecule has 0 fully saturated rings. The molecule has 4 heteroatoms. The summed E-state index contributed by atoms with van der Waals surface area (Å²) in [5, 5.41) is 21.7. The summed E-state index contributed by atoms with van der Waals surface area (Å²) in [6.07, 6.45) is 1.56. The normalized spacial score (nSPS) is 15.3. The number of oxime groups is 1. The van der Waals surface area contributed by atoms with Gasteiger partial charge in [0.05, 0.1) is 5.71 Å². The third kappa shape index (κ3) is 2.32. The van der Waals surface area contributed by atoms with E-state index < -0.39 is 0 Å². The van der Waals surface area contributed by atoms with Crippen LogP contribution in [0.1, 0.15) is 23.1 Å². The molecule has 0 bridgehead atoms. The molecule has 3 rings (SSSR count). The Morgan fingerprint density at radius 1 is 1.10 bits per heavy atom. The predicted molar refractivity (Wildman–Crippen MR) is 75.5 cm³/mol. The number of ether oxygens (including phenoxy) is 1. The number of phenols is 1. The van der Waals surface area contributed by atoms with E-state index >= 15 is 0 Å². The van der Waals surface area contributed by atoms with Crippen LogP contribution in [0.5, 0.6) is 11.5 Å². The fourth-order valence-electron chi connectivity index (χ4n) is 2.52. The van der Waals surface area contributed by atoms with Crippen molar-refractivity contribution in [2.45, 2.75) is 19.4 Å². The van der Waals surface area contributed by atoms with E-state index in [2.05, 4.69) is 5.16 Å². The number of rotatable bonds is 3. The molecule has 2 N–H and O–H groups in total. The number of phenolic OH excluding ortho intramolecular Hbond substituents is 1. The molecule has 4 nitrogen and oxygen atoms in total. The number of hydrogen-bond acceptors (Lipinski definition) is 4. The number of aromatic hydroxyl groups is 1. The molecule has 0 radical (unpaired) electrons. The molecule has 1 aliphatic rings. The summed E-state index contributed by atoms with van der Waals surface area (Å²) in [4.78, 5) is 0. The summed E-state index contributed by atoms with van der Waals surface area (Å²) in [7, 11) is 0. The minimum absolute atomic E-state index is 0.235. The van der Waals surface area contributed by atoms with Gasteiger partial charge in [0, 0.05) is 11.1 Å². The summed E-state index contributed by atoms with van der Waals surface area (Å²) in [5.74, 6) is 1.04. The molecule has 102 valence electrons. The van der Waals surface area contributed by atoms with E-state index in [1.807, 2.05) is 24.3 Å². The standard InChI is InChI=1S/C16H15NO3/c18-12-4-1-3-11(9-12)10-20-16-6-2-5-13-14(16)7-8-15(13)17-19/h1-6,9,18-19H,7-8,10H2/b17-15-. The van der Waals surface area contributed by atoms with Crippen molar-refractivity contribution in [3.05, 3.63) is 59.2 Å². The molecular formula is C16H15NO3. The van der Waals surface area contributed by atoms with Gasteiger partial charge in [-0.05, 0) is 36.6 Å². The average Bonchev–Trinajstić information content (AvgIpc) is 2.89.